The van der Waals surface area contributed by atoms with E-state index in [1.165, 1.54) is 0 Å². The van der Waals surface area contributed by atoms with Gasteiger partial charge in [0.25, 0.3) is 5.91 Å². The average molecular weight is 316 g/mol. The topological polar surface area (TPSA) is 49.6 Å². The molecule has 0 aromatic heterocycles. The van der Waals surface area contributed by atoms with Gasteiger partial charge in [0.05, 0.1) is 15.6 Å². The summed E-state index contributed by atoms with van der Waals surface area (Å²) in [4.78, 5) is 16.7. The maximum atomic E-state index is 12.5. The Kier molecular flexibility index (Phi) is 4.78. The highest BCUT2D eigenvalue weighted by Gasteiger charge is 2.25. The number of halogens is 2. The smallest absolute Gasteiger partial charge is 0.255 e. The number of nitrogens with zero attached hydrogens (tertiary/aromatic N) is 2. The van der Waals surface area contributed by atoms with E-state index in [0.717, 1.165) is 13.1 Å². The summed E-state index contributed by atoms with van der Waals surface area (Å²) in [6, 6.07) is 3.64. The van der Waals surface area contributed by atoms with Crippen LogP contribution in [0.25, 0.3) is 0 Å². The molecule has 0 atom stereocenters. The van der Waals surface area contributed by atoms with E-state index in [2.05, 4.69) is 18.7 Å². The molecule has 0 spiro atoms. The molecule has 0 radical (unpaired) electrons. The molecule has 1 aliphatic rings. The fraction of sp³-hybridized carbons (Fsp3) is 0.500. The molecule has 110 valence electrons. The number of hydrogen-bond donors (Lipinski definition) is 1. The summed E-state index contributed by atoms with van der Waals surface area (Å²) in [6.45, 7) is 7.45. The van der Waals surface area contributed by atoms with Gasteiger partial charge in [0.2, 0.25) is 0 Å². The van der Waals surface area contributed by atoms with Crippen LogP contribution in [0.4, 0.5) is 5.69 Å². The third-order valence-electron chi connectivity index (χ3n) is 3.61. The molecule has 0 bridgehead atoms. The Morgan fingerprint density at radius 3 is 2.35 bits per heavy atom. The highest BCUT2D eigenvalue weighted by molar-refractivity contribution is 6.44. The normalized spacial score (nSPS) is 16.8. The van der Waals surface area contributed by atoms with Crippen LogP contribution >= 0.6 is 23.2 Å². The summed E-state index contributed by atoms with van der Waals surface area (Å²) in [5.41, 5.74) is 6.57. The Balaban J connectivity index is 2.13. The first kappa shape index (κ1) is 15.4. The van der Waals surface area contributed by atoms with Gasteiger partial charge in [0.1, 0.15) is 0 Å². The van der Waals surface area contributed by atoms with Crippen molar-refractivity contribution in [2.75, 3.05) is 31.9 Å². The van der Waals surface area contributed by atoms with Crippen molar-refractivity contribution in [3.63, 3.8) is 0 Å². The van der Waals surface area contributed by atoms with Crippen molar-refractivity contribution in [3.05, 3.63) is 27.7 Å². The predicted molar refractivity (Wildman–Crippen MR) is 83.5 cm³/mol. The van der Waals surface area contributed by atoms with Crippen molar-refractivity contribution >= 4 is 34.8 Å². The van der Waals surface area contributed by atoms with Gasteiger partial charge in [0.15, 0.2) is 0 Å². The van der Waals surface area contributed by atoms with Crippen LogP contribution < -0.4 is 5.73 Å². The van der Waals surface area contributed by atoms with E-state index in [9.17, 15) is 4.79 Å². The Bertz CT molecular complexity index is 511. The zero-order chi connectivity index (χ0) is 14.9. The molecule has 1 aromatic rings. The van der Waals surface area contributed by atoms with E-state index in [0.29, 0.717) is 35.4 Å². The Labute approximate surface area is 129 Å². The van der Waals surface area contributed by atoms with E-state index < -0.39 is 0 Å². The van der Waals surface area contributed by atoms with Crippen LogP contribution in [0.2, 0.25) is 10.0 Å². The first-order valence-electron chi connectivity index (χ1n) is 6.68. The minimum Gasteiger partial charge on any atom is -0.399 e. The minimum absolute atomic E-state index is 0.104. The van der Waals surface area contributed by atoms with E-state index >= 15 is 0 Å². The minimum atomic E-state index is -0.104. The van der Waals surface area contributed by atoms with Crippen LogP contribution in [0, 0.1) is 0 Å². The first-order chi connectivity index (χ1) is 9.40. The molecule has 0 aliphatic carbocycles. The fourth-order valence-electron chi connectivity index (χ4n) is 2.38. The standard InChI is InChI=1S/C14H19Cl2N3O/c1-9(2)18-3-5-19(6-4-18)14(20)11-7-10(17)8-12(15)13(11)16/h7-9H,3-6,17H2,1-2H3. The van der Waals surface area contributed by atoms with Crippen LogP contribution in [0.15, 0.2) is 12.1 Å². The molecule has 2 rings (SSSR count). The number of benzene rings is 1. The van der Waals surface area contributed by atoms with Gasteiger partial charge in [0, 0.05) is 37.9 Å². The summed E-state index contributed by atoms with van der Waals surface area (Å²) in [6.07, 6.45) is 0. The van der Waals surface area contributed by atoms with Crippen molar-refractivity contribution in [2.24, 2.45) is 0 Å². The third-order valence-corrected chi connectivity index (χ3v) is 4.41. The van der Waals surface area contributed by atoms with Gasteiger partial charge >= 0.3 is 0 Å². The number of hydrogen-bond acceptors (Lipinski definition) is 3. The molecule has 20 heavy (non-hydrogen) atoms. The summed E-state index contributed by atoms with van der Waals surface area (Å²) in [5, 5.41) is 0.591. The quantitative estimate of drug-likeness (QED) is 0.854. The monoisotopic (exact) mass is 315 g/mol. The van der Waals surface area contributed by atoms with Crippen LogP contribution in [-0.2, 0) is 0 Å². The molecular weight excluding hydrogens is 297 g/mol. The number of nitrogen functional groups attached to an aromatic ring is 1. The molecule has 1 aliphatic heterocycles. The molecule has 1 fully saturated rings. The molecule has 1 saturated heterocycles. The zero-order valence-electron chi connectivity index (χ0n) is 11.7. The van der Waals surface area contributed by atoms with Gasteiger partial charge in [-0.05, 0) is 26.0 Å². The van der Waals surface area contributed by atoms with Gasteiger partial charge < -0.3 is 10.6 Å². The maximum absolute atomic E-state index is 12.5. The van der Waals surface area contributed by atoms with Crippen LogP contribution in [0.3, 0.4) is 0 Å². The molecule has 1 heterocycles. The Morgan fingerprint density at radius 2 is 1.80 bits per heavy atom. The number of carbonyl (C=O) groups is 1. The van der Waals surface area contributed by atoms with E-state index in [1.54, 1.807) is 17.0 Å². The Hall–Kier alpha value is -0.970. The predicted octanol–water partition coefficient (Wildman–Crippen LogP) is 2.74. The number of carbonyl (C=O) groups excluding carboxylic acids is 1. The molecule has 1 amide bonds. The van der Waals surface area contributed by atoms with Crippen molar-refractivity contribution < 1.29 is 4.79 Å². The molecule has 1 aromatic carbocycles. The highest BCUT2D eigenvalue weighted by Crippen LogP contribution is 2.29. The largest absolute Gasteiger partial charge is 0.399 e. The molecule has 4 nitrogen and oxygen atoms in total. The molecule has 2 N–H and O–H groups in total. The molecule has 6 heteroatoms. The molecular formula is C14H19Cl2N3O. The average Bonchev–Trinajstić information content (AvgIpc) is 2.42. The Morgan fingerprint density at radius 1 is 1.20 bits per heavy atom. The lowest BCUT2D eigenvalue weighted by Crippen LogP contribution is -2.50. The SMILES string of the molecule is CC(C)N1CCN(C(=O)c2cc(N)cc(Cl)c2Cl)CC1. The number of piperazine rings is 1. The number of anilines is 1. The lowest BCUT2D eigenvalue weighted by molar-refractivity contribution is 0.0595. The van der Waals surface area contributed by atoms with Gasteiger partial charge in [-0.3, -0.25) is 9.69 Å². The van der Waals surface area contributed by atoms with Crippen molar-refractivity contribution in [2.45, 2.75) is 19.9 Å². The van der Waals surface area contributed by atoms with Gasteiger partial charge in [-0.25, -0.2) is 0 Å². The molecule has 0 unspecified atom stereocenters. The first-order valence-corrected chi connectivity index (χ1v) is 7.43. The second-order valence-electron chi connectivity index (χ2n) is 5.29. The number of amides is 1. The van der Waals surface area contributed by atoms with Gasteiger partial charge in [-0.15, -0.1) is 0 Å². The van der Waals surface area contributed by atoms with E-state index in [1.807, 2.05) is 0 Å². The lowest BCUT2D eigenvalue weighted by atomic mass is 10.1. The van der Waals surface area contributed by atoms with Gasteiger partial charge in [-0.1, -0.05) is 23.2 Å². The van der Waals surface area contributed by atoms with E-state index in [-0.39, 0.29) is 10.9 Å². The van der Waals surface area contributed by atoms with Crippen molar-refractivity contribution in [1.82, 2.24) is 9.80 Å². The second kappa shape index (κ2) is 6.20. The summed E-state index contributed by atoms with van der Waals surface area (Å²) >= 11 is 12.1. The van der Waals surface area contributed by atoms with Crippen LogP contribution in [-0.4, -0.2) is 47.9 Å². The zero-order valence-corrected chi connectivity index (χ0v) is 13.2. The molecule has 0 saturated carbocycles. The van der Waals surface area contributed by atoms with Gasteiger partial charge in [-0.2, -0.15) is 0 Å². The third kappa shape index (κ3) is 3.19. The number of rotatable bonds is 2. The van der Waals surface area contributed by atoms with Crippen LogP contribution in [0.5, 0.6) is 0 Å². The lowest BCUT2D eigenvalue weighted by Gasteiger charge is -2.37. The summed E-state index contributed by atoms with van der Waals surface area (Å²) in [7, 11) is 0. The van der Waals surface area contributed by atoms with Crippen LogP contribution in [0.1, 0.15) is 24.2 Å². The van der Waals surface area contributed by atoms with Crippen molar-refractivity contribution in [3.8, 4) is 0 Å². The summed E-state index contributed by atoms with van der Waals surface area (Å²) in [5.74, 6) is -0.104. The second-order valence-corrected chi connectivity index (χ2v) is 6.07. The fourth-order valence-corrected chi connectivity index (χ4v) is 2.80. The maximum Gasteiger partial charge on any atom is 0.255 e. The highest BCUT2D eigenvalue weighted by atomic mass is 35.5. The van der Waals surface area contributed by atoms with Crippen molar-refractivity contribution in [1.29, 1.82) is 0 Å². The number of nitrogens with two attached hydrogens (primary N) is 1. The van der Waals surface area contributed by atoms with E-state index in [4.69, 9.17) is 28.9 Å². The summed E-state index contributed by atoms with van der Waals surface area (Å²) < 4.78 is 0.